The second kappa shape index (κ2) is 5.81. The first kappa shape index (κ1) is 12.8. The van der Waals surface area contributed by atoms with E-state index in [1.165, 1.54) is 19.2 Å². The van der Waals surface area contributed by atoms with Crippen molar-refractivity contribution >= 4 is 11.4 Å². The molecule has 6 heteroatoms. The minimum atomic E-state index is -0.430. The number of pyridine rings is 1. The van der Waals surface area contributed by atoms with Gasteiger partial charge in [-0.15, -0.1) is 0 Å². The number of nitro groups is 1. The van der Waals surface area contributed by atoms with Crippen molar-refractivity contribution in [3.63, 3.8) is 0 Å². The van der Waals surface area contributed by atoms with Gasteiger partial charge in [0.25, 0.3) is 5.69 Å². The molecular formula is C13H14N3O3+. The Morgan fingerprint density at radius 1 is 1.42 bits per heavy atom. The first-order valence-corrected chi connectivity index (χ1v) is 5.72. The Morgan fingerprint density at radius 3 is 2.89 bits per heavy atom. The van der Waals surface area contributed by atoms with Gasteiger partial charge >= 0.3 is 0 Å². The van der Waals surface area contributed by atoms with Gasteiger partial charge < -0.3 is 10.1 Å². The molecule has 2 N–H and O–H groups in total. The van der Waals surface area contributed by atoms with E-state index in [0.29, 0.717) is 18.0 Å². The van der Waals surface area contributed by atoms with E-state index in [0.717, 1.165) is 5.56 Å². The minimum absolute atomic E-state index is 0.0305. The number of nitrogens with zero attached hydrogens (tertiary/aromatic N) is 1. The van der Waals surface area contributed by atoms with Crippen molar-refractivity contribution in [1.29, 1.82) is 0 Å². The second-order valence-electron chi connectivity index (χ2n) is 3.91. The van der Waals surface area contributed by atoms with Crippen LogP contribution >= 0.6 is 0 Å². The molecule has 0 amide bonds. The number of rotatable bonds is 5. The normalized spacial score (nSPS) is 9.95. The molecule has 19 heavy (non-hydrogen) atoms. The molecular weight excluding hydrogens is 246 g/mol. The van der Waals surface area contributed by atoms with Gasteiger partial charge in [0.15, 0.2) is 12.4 Å². The Kier molecular flexibility index (Phi) is 3.92. The predicted octanol–water partition coefficient (Wildman–Crippen LogP) is 2.03. The number of aromatic nitrogens is 1. The van der Waals surface area contributed by atoms with Crippen molar-refractivity contribution in [3.05, 3.63) is 58.4 Å². The fraction of sp³-hybridized carbons (Fsp3) is 0.154. The van der Waals surface area contributed by atoms with Crippen molar-refractivity contribution in [3.8, 4) is 5.75 Å². The van der Waals surface area contributed by atoms with Crippen molar-refractivity contribution in [2.45, 2.75) is 6.54 Å². The third-order valence-corrected chi connectivity index (χ3v) is 2.65. The lowest BCUT2D eigenvalue weighted by Crippen LogP contribution is -2.06. The molecule has 1 heterocycles. The van der Waals surface area contributed by atoms with Gasteiger partial charge in [-0.1, -0.05) is 0 Å². The zero-order valence-corrected chi connectivity index (χ0v) is 10.4. The number of hydrogen-bond acceptors (Lipinski definition) is 4. The topological polar surface area (TPSA) is 78.5 Å². The monoisotopic (exact) mass is 260 g/mol. The summed E-state index contributed by atoms with van der Waals surface area (Å²) in [5.74, 6) is 0.575. The fourth-order valence-corrected chi connectivity index (χ4v) is 1.69. The molecule has 0 unspecified atom stereocenters. The summed E-state index contributed by atoms with van der Waals surface area (Å²) in [5, 5.41) is 13.9. The Balaban J connectivity index is 2.18. The molecule has 0 aliphatic carbocycles. The van der Waals surface area contributed by atoms with E-state index in [4.69, 9.17) is 4.74 Å². The van der Waals surface area contributed by atoms with Crippen LogP contribution in [-0.4, -0.2) is 12.0 Å². The number of hydrogen-bond donors (Lipinski definition) is 1. The van der Waals surface area contributed by atoms with Gasteiger partial charge in [-0.05, 0) is 12.1 Å². The van der Waals surface area contributed by atoms with E-state index < -0.39 is 4.92 Å². The molecule has 0 spiro atoms. The van der Waals surface area contributed by atoms with Crippen LogP contribution in [-0.2, 0) is 6.54 Å². The van der Waals surface area contributed by atoms with Crippen LogP contribution in [0.1, 0.15) is 5.56 Å². The number of non-ortho nitro benzene ring substituents is 1. The van der Waals surface area contributed by atoms with Crippen LogP contribution in [0.15, 0.2) is 42.7 Å². The highest BCUT2D eigenvalue weighted by Crippen LogP contribution is 2.29. The van der Waals surface area contributed by atoms with Crippen LogP contribution in [0.25, 0.3) is 0 Å². The van der Waals surface area contributed by atoms with Gasteiger partial charge in [0.1, 0.15) is 5.75 Å². The van der Waals surface area contributed by atoms with Gasteiger partial charge in [0, 0.05) is 30.3 Å². The number of aromatic amines is 1. The number of anilines is 1. The van der Waals surface area contributed by atoms with E-state index in [2.05, 4.69) is 10.3 Å². The molecule has 0 atom stereocenters. The summed E-state index contributed by atoms with van der Waals surface area (Å²) in [5.41, 5.74) is 1.67. The lowest BCUT2D eigenvalue weighted by atomic mass is 10.2. The molecule has 98 valence electrons. The van der Waals surface area contributed by atoms with Crippen LogP contribution < -0.4 is 15.0 Å². The van der Waals surface area contributed by atoms with Gasteiger partial charge in [-0.25, -0.2) is 4.98 Å². The minimum Gasteiger partial charge on any atom is -0.495 e. The molecule has 0 saturated heterocycles. The summed E-state index contributed by atoms with van der Waals surface area (Å²) >= 11 is 0. The number of ether oxygens (including phenoxy) is 1. The third-order valence-electron chi connectivity index (χ3n) is 2.65. The lowest BCUT2D eigenvalue weighted by Gasteiger charge is -2.10. The standard InChI is InChI=1S/C13H13N3O3/c1-19-13-5-4-11(16(17)18)7-12(13)15-9-10-3-2-6-14-8-10/h2-8,15H,9H2,1H3/p+1. The summed E-state index contributed by atoms with van der Waals surface area (Å²) in [6.45, 7) is 0.550. The highest BCUT2D eigenvalue weighted by atomic mass is 16.6. The Labute approximate surface area is 110 Å². The summed E-state index contributed by atoms with van der Waals surface area (Å²) in [6.07, 6.45) is 3.67. The molecule has 0 radical (unpaired) electrons. The number of H-pyrrole nitrogens is 1. The van der Waals surface area contributed by atoms with Crippen molar-refractivity contribution in [1.82, 2.24) is 0 Å². The summed E-state index contributed by atoms with van der Waals surface area (Å²) in [7, 11) is 1.53. The second-order valence-corrected chi connectivity index (χ2v) is 3.91. The molecule has 2 aromatic rings. The summed E-state index contributed by atoms with van der Waals surface area (Å²) in [6, 6.07) is 8.30. The maximum absolute atomic E-state index is 10.8. The average Bonchev–Trinajstić information content (AvgIpc) is 2.45. The smallest absolute Gasteiger partial charge is 0.271 e. The zero-order valence-electron chi connectivity index (χ0n) is 10.4. The van der Waals surface area contributed by atoms with E-state index in [9.17, 15) is 10.1 Å². The highest BCUT2D eigenvalue weighted by Gasteiger charge is 2.11. The van der Waals surface area contributed by atoms with Crippen molar-refractivity contribution in [2.24, 2.45) is 0 Å². The Morgan fingerprint density at radius 2 is 2.26 bits per heavy atom. The first-order valence-electron chi connectivity index (χ1n) is 5.72. The molecule has 0 bridgehead atoms. The fourth-order valence-electron chi connectivity index (χ4n) is 1.69. The number of methoxy groups -OCH3 is 1. The highest BCUT2D eigenvalue weighted by molar-refractivity contribution is 5.61. The maximum Gasteiger partial charge on any atom is 0.271 e. The quantitative estimate of drug-likeness (QED) is 0.659. The summed E-state index contributed by atoms with van der Waals surface area (Å²) < 4.78 is 5.18. The van der Waals surface area contributed by atoms with E-state index in [-0.39, 0.29) is 5.69 Å². The van der Waals surface area contributed by atoms with Gasteiger partial charge in [-0.3, -0.25) is 10.1 Å². The number of benzene rings is 1. The van der Waals surface area contributed by atoms with Gasteiger partial charge in [0.2, 0.25) is 0 Å². The van der Waals surface area contributed by atoms with Crippen LogP contribution in [0, 0.1) is 10.1 Å². The molecule has 1 aromatic carbocycles. The number of nitro benzene ring substituents is 1. The van der Waals surface area contributed by atoms with Crippen LogP contribution in [0.3, 0.4) is 0 Å². The number of nitrogens with one attached hydrogen (secondary N) is 2. The first-order chi connectivity index (χ1) is 9.20. The van der Waals surface area contributed by atoms with Crippen molar-refractivity contribution < 1.29 is 14.6 Å². The van der Waals surface area contributed by atoms with Crippen LogP contribution in [0.4, 0.5) is 11.4 Å². The summed E-state index contributed by atoms with van der Waals surface area (Å²) in [4.78, 5) is 13.3. The Hall–Kier alpha value is -2.63. The predicted molar refractivity (Wildman–Crippen MR) is 70.0 cm³/mol. The zero-order chi connectivity index (χ0) is 13.7. The maximum atomic E-state index is 10.8. The van der Waals surface area contributed by atoms with E-state index in [1.54, 1.807) is 6.07 Å². The van der Waals surface area contributed by atoms with E-state index in [1.807, 2.05) is 24.5 Å². The molecule has 0 aliphatic rings. The molecule has 2 rings (SSSR count). The molecule has 0 fully saturated rings. The third kappa shape index (κ3) is 3.19. The van der Waals surface area contributed by atoms with Gasteiger partial charge in [-0.2, -0.15) is 0 Å². The molecule has 1 aromatic heterocycles. The van der Waals surface area contributed by atoms with E-state index >= 15 is 0 Å². The van der Waals surface area contributed by atoms with Crippen LogP contribution in [0.2, 0.25) is 0 Å². The van der Waals surface area contributed by atoms with Crippen LogP contribution in [0.5, 0.6) is 5.75 Å². The molecule has 0 saturated carbocycles. The largest absolute Gasteiger partial charge is 0.495 e. The Bertz CT molecular complexity index is 573. The van der Waals surface area contributed by atoms with Crippen molar-refractivity contribution in [2.75, 3.05) is 12.4 Å². The lowest BCUT2D eigenvalue weighted by molar-refractivity contribution is -0.384. The average molecular weight is 260 g/mol. The SMILES string of the molecule is COc1ccc([N+](=O)[O-])cc1NCc1ccc[nH+]c1. The molecule has 0 aliphatic heterocycles. The van der Waals surface area contributed by atoms with Gasteiger partial charge in [0.05, 0.1) is 17.7 Å². The molecule has 6 nitrogen and oxygen atoms in total.